The first-order chi connectivity index (χ1) is 8.22. The van der Waals surface area contributed by atoms with Crippen LogP contribution in [-0.2, 0) is 12.8 Å². The lowest BCUT2D eigenvalue weighted by Gasteiger charge is -2.07. The van der Waals surface area contributed by atoms with Crippen LogP contribution >= 0.6 is 12.2 Å². The first-order valence-corrected chi connectivity index (χ1v) is 5.66. The number of hydrogen-bond acceptors (Lipinski definition) is 4. The van der Waals surface area contributed by atoms with E-state index in [1.165, 1.54) is 4.68 Å². The van der Waals surface area contributed by atoms with E-state index in [1.807, 2.05) is 24.3 Å². The minimum atomic E-state index is 0.431. The molecule has 0 saturated heterocycles. The van der Waals surface area contributed by atoms with Gasteiger partial charge in [0.05, 0.1) is 7.11 Å². The van der Waals surface area contributed by atoms with Gasteiger partial charge in [0.25, 0.3) is 0 Å². The number of aromatic nitrogens is 3. The largest absolute Gasteiger partial charge is 0.496 e. The van der Waals surface area contributed by atoms with E-state index in [2.05, 4.69) is 10.2 Å². The summed E-state index contributed by atoms with van der Waals surface area (Å²) in [5.41, 5.74) is 1.13. The van der Waals surface area contributed by atoms with Gasteiger partial charge in [-0.3, -0.25) is 5.10 Å². The highest BCUT2D eigenvalue weighted by Gasteiger charge is 2.06. The Hall–Kier alpha value is -1.82. The number of hydrogen-bond donors (Lipinski definition) is 2. The summed E-state index contributed by atoms with van der Waals surface area (Å²) in [6.07, 6.45) is 1.52. The second-order valence-corrected chi connectivity index (χ2v) is 4.01. The van der Waals surface area contributed by atoms with Crippen molar-refractivity contribution in [2.24, 2.45) is 0 Å². The summed E-state index contributed by atoms with van der Waals surface area (Å²) >= 11 is 4.95. The fourth-order valence-corrected chi connectivity index (χ4v) is 1.82. The lowest BCUT2D eigenvalue weighted by Crippen LogP contribution is -2.13. The molecular weight excluding hydrogens is 236 g/mol. The normalized spacial score (nSPS) is 10.4. The van der Waals surface area contributed by atoms with Crippen molar-refractivity contribution in [3.8, 4) is 5.75 Å². The summed E-state index contributed by atoms with van der Waals surface area (Å²) in [7, 11) is 1.66. The maximum Gasteiger partial charge on any atom is 0.214 e. The number of ether oxygens (including phenoxy) is 1. The highest BCUT2D eigenvalue weighted by Crippen LogP contribution is 2.18. The molecule has 1 aromatic heterocycles. The van der Waals surface area contributed by atoms with Crippen LogP contribution in [0.3, 0.4) is 0 Å². The number of nitrogens with one attached hydrogen (secondary N) is 1. The van der Waals surface area contributed by atoms with Crippen molar-refractivity contribution in [3.63, 3.8) is 0 Å². The molecule has 0 spiro atoms. The van der Waals surface area contributed by atoms with Gasteiger partial charge >= 0.3 is 0 Å². The zero-order valence-corrected chi connectivity index (χ0v) is 10.3. The Labute approximate surface area is 104 Å². The molecular formula is C11H14N4OS. The summed E-state index contributed by atoms with van der Waals surface area (Å²) in [5, 5.41) is 6.73. The average Bonchev–Trinajstić information content (AvgIpc) is 2.68. The molecule has 1 heterocycles. The number of para-hydroxylation sites is 1. The fraction of sp³-hybridized carbons (Fsp3) is 0.273. The number of H-pyrrole nitrogens is 1. The van der Waals surface area contributed by atoms with Crippen LogP contribution in [-0.4, -0.2) is 22.0 Å². The van der Waals surface area contributed by atoms with Crippen LogP contribution in [0, 0.1) is 4.77 Å². The van der Waals surface area contributed by atoms with Crippen molar-refractivity contribution < 1.29 is 4.74 Å². The number of benzene rings is 1. The van der Waals surface area contributed by atoms with E-state index < -0.39 is 0 Å². The Morgan fingerprint density at radius 3 is 2.82 bits per heavy atom. The van der Waals surface area contributed by atoms with E-state index in [0.717, 1.165) is 23.6 Å². The number of nitrogens with zero attached hydrogens (tertiary/aromatic N) is 2. The molecule has 0 aliphatic heterocycles. The monoisotopic (exact) mass is 250 g/mol. The van der Waals surface area contributed by atoms with E-state index in [4.69, 9.17) is 22.8 Å². The molecule has 0 fully saturated rings. The van der Waals surface area contributed by atoms with Gasteiger partial charge in [-0.15, -0.1) is 0 Å². The SMILES string of the molecule is COc1ccccc1CCc1n[nH]c(=S)n1N. The summed E-state index contributed by atoms with van der Waals surface area (Å²) in [6.45, 7) is 0. The molecule has 0 bridgehead atoms. The minimum absolute atomic E-state index is 0.431. The molecule has 3 N–H and O–H groups in total. The minimum Gasteiger partial charge on any atom is -0.496 e. The molecule has 0 aliphatic carbocycles. The molecule has 1 aromatic carbocycles. The maximum atomic E-state index is 5.72. The number of rotatable bonds is 4. The van der Waals surface area contributed by atoms with Gasteiger partial charge in [0.1, 0.15) is 5.75 Å². The van der Waals surface area contributed by atoms with Crippen LogP contribution in [0.1, 0.15) is 11.4 Å². The first kappa shape index (κ1) is 11.7. The number of methoxy groups -OCH3 is 1. The Morgan fingerprint density at radius 2 is 2.18 bits per heavy atom. The predicted molar refractivity (Wildman–Crippen MR) is 68.0 cm³/mol. The Bertz CT molecular complexity index is 561. The van der Waals surface area contributed by atoms with E-state index >= 15 is 0 Å². The first-order valence-electron chi connectivity index (χ1n) is 5.25. The van der Waals surface area contributed by atoms with Gasteiger partial charge in [-0.2, -0.15) is 5.10 Å². The maximum absolute atomic E-state index is 5.72. The Morgan fingerprint density at radius 1 is 1.41 bits per heavy atom. The predicted octanol–water partition coefficient (Wildman–Crippen LogP) is 1.45. The number of nitrogen functional groups attached to an aromatic ring is 1. The van der Waals surface area contributed by atoms with E-state index in [1.54, 1.807) is 7.11 Å². The van der Waals surface area contributed by atoms with E-state index in [-0.39, 0.29) is 0 Å². The number of nitrogens with two attached hydrogens (primary N) is 1. The van der Waals surface area contributed by atoms with Crippen molar-refractivity contribution in [1.82, 2.24) is 14.9 Å². The summed E-state index contributed by atoms with van der Waals surface area (Å²) in [4.78, 5) is 0. The molecule has 5 nitrogen and oxygen atoms in total. The van der Waals surface area contributed by atoms with Crippen molar-refractivity contribution in [3.05, 3.63) is 40.4 Å². The van der Waals surface area contributed by atoms with Crippen molar-refractivity contribution in [2.75, 3.05) is 13.0 Å². The zero-order chi connectivity index (χ0) is 12.3. The second kappa shape index (κ2) is 5.01. The lowest BCUT2D eigenvalue weighted by atomic mass is 10.1. The number of aryl methyl sites for hydroxylation is 2. The van der Waals surface area contributed by atoms with Crippen LogP contribution in [0.4, 0.5) is 0 Å². The van der Waals surface area contributed by atoms with Crippen LogP contribution in [0.2, 0.25) is 0 Å². The van der Waals surface area contributed by atoms with Gasteiger partial charge < -0.3 is 10.6 Å². The standard InChI is InChI=1S/C11H14N4OS/c1-16-9-5-3-2-4-8(9)6-7-10-13-14-11(17)15(10)12/h2-5H,6-7,12H2,1H3,(H,14,17). The second-order valence-electron chi connectivity index (χ2n) is 3.63. The van der Waals surface area contributed by atoms with Gasteiger partial charge in [-0.05, 0) is 30.3 Å². The molecule has 0 unspecified atom stereocenters. The van der Waals surface area contributed by atoms with E-state index in [9.17, 15) is 0 Å². The Balaban J connectivity index is 2.12. The third-order valence-corrected chi connectivity index (χ3v) is 2.88. The molecule has 0 aliphatic rings. The van der Waals surface area contributed by atoms with Crippen LogP contribution in [0.25, 0.3) is 0 Å². The molecule has 90 valence electrons. The van der Waals surface area contributed by atoms with Crippen molar-refractivity contribution in [2.45, 2.75) is 12.8 Å². The van der Waals surface area contributed by atoms with Gasteiger partial charge in [-0.1, -0.05) is 18.2 Å². The molecule has 2 aromatic rings. The third kappa shape index (κ3) is 2.47. The highest BCUT2D eigenvalue weighted by molar-refractivity contribution is 7.71. The third-order valence-electron chi connectivity index (χ3n) is 2.59. The number of aromatic amines is 1. The molecule has 0 amide bonds. The summed E-state index contributed by atoms with van der Waals surface area (Å²) in [5.74, 6) is 7.34. The van der Waals surface area contributed by atoms with Gasteiger partial charge in [0.15, 0.2) is 5.82 Å². The molecule has 0 radical (unpaired) electrons. The highest BCUT2D eigenvalue weighted by atomic mass is 32.1. The zero-order valence-electron chi connectivity index (χ0n) is 9.51. The molecule has 0 atom stereocenters. The summed E-state index contributed by atoms with van der Waals surface area (Å²) in [6, 6.07) is 7.90. The average molecular weight is 250 g/mol. The fourth-order valence-electron chi connectivity index (χ4n) is 1.67. The molecule has 0 saturated carbocycles. The van der Waals surface area contributed by atoms with Crippen molar-refractivity contribution >= 4 is 12.2 Å². The molecule has 2 rings (SSSR count). The summed E-state index contributed by atoms with van der Waals surface area (Å²) < 4.78 is 7.11. The van der Waals surface area contributed by atoms with Gasteiger partial charge in [0, 0.05) is 6.42 Å². The lowest BCUT2D eigenvalue weighted by molar-refractivity contribution is 0.409. The topological polar surface area (TPSA) is 68.9 Å². The van der Waals surface area contributed by atoms with Crippen LogP contribution < -0.4 is 10.6 Å². The van der Waals surface area contributed by atoms with Gasteiger partial charge in [0.2, 0.25) is 4.77 Å². The Kier molecular flexibility index (Phi) is 3.43. The van der Waals surface area contributed by atoms with E-state index in [0.29, 0.717) is 11.2 Å². The van der Waals surface area contributed by atoms with Crippen LogP contribution in [0.5, 0.6) is 5.75 Å². The van der Waals surface area contributed by atoms with Crippen molar-refractivity contribution in [1.29, 1.82) is 0 Å². The van der Waals surface area contributed by atoms with Crippen LogP contribution in [0.15, 0.2) is 24.3 Å². The molecule has 17 heavy (non-hydrogen) atoms. The molecule has 6 heteroatoms. The van der Waals surface area contributed by atoms with Gasteiger partial charge in [-0.25, -0.2) is 4.68 Å². The smallest absolute Gasteiger partial charge is 0.214 e. The quantitative estimate of drug-likeness (QED) is 0.636.